The number of hydrogen-bond acceptors (Lipinski definition) is 3. The Morgan fingerprint density at radius 3 is 2.50 bits per heavy atom. The van der Waals surface area contributed by atoms with Gasteiger partial charge >= 0.3 is 5.97 Å². The first-order valence-electron chi connectivity index (χ1n) is 4.08. The lowest BCUT2D eigenvalue weighted by atomic mass is 9.99. The Kier molecular flexibility index (Phi) is 2.69. The predicted molar refractivity (Wildman–Crippen MR) is 41.8 cm³/mol. The van der Waals surface area contributed by atoms with Crippen LogP contribution in [-0.4, -0.2) is 34.5 Å². The van der Waals surface area contributed by atoms with E-state index in [0.717, 1.165) is 0 Å². The highest BCUT2D eigenvalue weighted by Gasteiger charge is 2.38. The summed E-state index contributed by atoms with van der Waals surface area (Å²) in [5.74, 6) is -1.31. The average molecular weight is 174 g/mol. The molecule has 0 unspecified atom stereocenters. The SMILES string of the molecule is C[C@@H](O)[C@H]1C[C@H](C(=O)O)[C@@H](C)O1. The fraction of sp³-hybridized carbons (Fsp3) is 0.875. The summed E-state index contributed by atoms with van der Waals surface area (Å²) in [5, 5.41) is 17.9. The molecule has 0 aliphatic carbocycles. The highest BCUT2D eigenvalue weighted by molar-refractivity contribution is 5.71. The van der Waals surface area contributed by atoms with Crippen LogP contribution in [0.4, 0.5) is 0 Å². The number of rotatable bonds is 2. The third-order valence-electron chi connectivity index (χ3n) is 2.30. The zero-order valence-electron chi connectivity index (χ0n) is 7.23. The number of carbonyl (C=O) groups is 1. The van der Waals surface area contributed by atoms with E-state index >= 15 is 0 Å². The van der Waals surface area contributed by atoms with Crippen LogP contribution < -0.4 is 0 Å². The molecule has 1 saturated heterocycles. The molecule has 4 atom stereocenters. The van der Waals surface area contributed by atoms with Crippen LogP contribution >= 0.6 is 0 Å². The van der Waals surface area contributed by atoms with Crippen molar-refractivity contribution in [1.82, 2.24) is 0 Å². The van der Waals surface area contributed by atoms with Gasteiger partial charge in [-0.05, 0) is 20.3 Å². The average Bonchev–Trinajstić information content (AvgIpc) is 2.30. The minimum Gasteiger partial charge on any atom is -0.481 e. The summed E-state index contributed by atoms with van der Waals surface area (Å²) >= 11 is 0. The van der Waals surface area contributed by atoms with Gasteiger partial charge in [-0.1, -0.05) is 0 Å². The van der Waals surface area contributed by atoms with E-state index in [1.165, 1.54) is 0 Å². The van der Waals surface area contributed by atoms with E-state index in [1.807, 2.05) is 0 Å². The van der Waals surface area contributed by atoms with Gasteiger partial charge in [-0.15, -0.1) is 0 Å². The molecule has 1 aliphatic heterocycles. The van der Waals surface area contributed by atoms with Crippen LogP contribution in [-0.2, 0) is 9.53 Å². The second-order valence-corrected chi connectivity index (χ2v) is 3.30. The van der Waals surface area contributed by atoms with Gasteiger partial charge in [0.1, 0.15) is 0 Å². The predicted octanol–water partition coefficient (Wildman–Crippen LogP) is 0.245. The van der Waals surface area contributed by atoms with Crippen molar-refractivity contribution in [2.75, 3.05) is 0 Å². The smallest absolute Gasteiger partial charge is 0.309 e. The largest absolute Gasteiger partial charge is 0.481 e. The number of aliphatic hydroxyl groups is 1. The van der Waals surface area contributed by atoms with Gasteiger partial charge in [0.05, 0.1) is 24.2 Å². The molecule has 0 bridgehead atoms. The molecule has 0 aromatic rings. The van der Waals surface area contributed by atoms with Gasteiger partial charge in [-0.25, -0.2) is 0 Å². The van der Waals surface area contributed by atoms with Crippen molar-refractivity contribution in [3.8, 4) is 0 Å². The van der Waals surface area contributed by atoms with E-state index < -0.39 is 18.0 Å². The van der Waals surface area contributed by atoms with Crippen LogP contribution in [0.2, 0.25) is 0 Å². The van der Waals surface area contributed by atoms with Crippen LogP contribution in [0, 0.1) is 5.92 Å². The molecule has 1 aliphatic rings. The summed E-state index contributed by atoms with van der Waals surface area (Å²) < 4.78 is 5.27. The van der Waals surface area contributed by atoms with Gasteiger partial charge in [0.15, 0.2) is 0 Å². The molecule has 12 heavy (non-hydrogen) atoms. The minimum absolute atomic E-state index is 0.290. The molecule has 0 spiro atoms. The molecule has 1 fully saturated rings. The molecular weight excluding hydrogens is 160 g/mol. The molecule has 2 N–H and O–H groups in total. The fourth-order valence-electron chi connectivity index (χ4n) is 1.48. The highest BCUT2D eigenvalue weighted by Crippen LogP contribution is 2.28. The minimum atomic E-state index is -0.842. The highest BCUT2D eigenvalue weighted by atomic mass is 16.5. The molecule has 0 aromatic heterocycles. The van der Waals surface area contributed by atoms with E-state index in [9.17, 15) is 4.79 Å². The van der Waals surface area contributed by atoms with Gasteiger partial charge in [0.2, 0.25) is 0 Å². The summed E-state index contributed by atoms with van der Waals surface area (Å²) in [4.78, 5) is 10.6. The Labute approximate surface area is 71.2 Å². The number of carboxylic acids is 1. The lowest BCUT2D eigenvalue weighted by Crippen LogP contribution is -2.22. The van der Waals surface area contributed by atoms with Crippen LogP contribution in [0.5, 0.6) is 0 Å². The number of aliphatic carboxylic acids is 1. The van der Waals surface area contributed by atoms with Gasteiger partial charge < -0.3 is 14.9 Å². The summed E-state index contributed by atoms with van der Waals surface area (Å²) in [6, 6.07) is 0. The Morgan fingerprint density at radius 1 is 1.67 bits per heavy atom. The van der Waals surface area contributed by atoms with Crippen molar-refractivity contribution in [3.05, 3.63) is 0 Å². The van der Waals surface area contributed by atoms with Crippen LogP contribution in [0.25, 0.3) is 0 Å². The topological polar surface area (TPSA) is 66.8 Å². The zero-order valence-corrected chi connectivity index (χ0v) is 7.23. The lowest BCUT2D eigenvalue weighted by molar-refractivity contribution is -0.143. The maximum absolute atomic E-state index is 10.6. The van der Waals surface area contributed by atoms with Gasteiger partial charge in [-0.3, -0.25) is 4.79 Å². The monoisotopic (exact) mass is 174 g/mol. The molecule has 1 rings (SSSR count). The zero-order chi connectivity index (χ0) is 9.30. The summed E-state index contributed by atoms with van der Waals surface area (Å²) in [7, 11) is 0. The van der Waals surface area contributed by atoms with E-state index in [0.29, 0.717) is 6.42 Å². The third-order valence-corrected chi connectivity index (χ3v) is 2.30. The maximum atomic E-state index is 10.6. The van der Waals surface area contributed by atoms with E-state index in [1.54, 1.807) is 13.8 Å². The number of carboxylic acid groups (broad SMARTS) is 1. The quantitative estimate of drug-likeness (QED) is 0.629. The lowest BCUT2D eigenvalue weighted by Gasteiger charge is -2.12. The maximum Gasteiger partial charge on any atom is 0.309 e. The molecule has 70 valence electrons. The van der Waals surface area contributed by atoms with Crippen molar-refractivity contribution in [2.45, 2.75) is 38.6 Å². The van der Waals surface area contributed by atoms with Crippen molar-refractivity contribution in [1.29, 1.82) is 0 Å². The molecule has 1 heterocycles. The molecule has 0 radical (unpaired) electrons. The molecule has 0 amide bonds. The van der Waals surface area contributed by atoms with Gasteiger partial charge in [-0.2, -0.15) is 0 Å². The Morgan fingerprint density at radius 2 is 2.25 bits per heavy atom. The molecule has 4 nitrogen and oxygen atoms in total. The van der Waals surface area contributed by atoms with Crippen molar-refractivity contribution in [3.63, 3.8) is 0 Å². The fourth-order valence-corrected chi connectivity index (χ4v) is 1.48. The second kappa shape index (κ2) is 3.41. The molecule has 4 heteroatoms. The molecule has 0 saturated carbocycles. The van der Waals surface area contributed by atoms with Gasteiger partial charge in [0.25, 0.3) is 0 Å². The molecular formula is C8H14O4. The van der Waals surface area contributed by atoms with Crippen LogP contribution in [0.3, 0.4) is 0 Å². The first-order valence-corrected chi connectivity index (χ1v) is 4.08. The Bertz CT molecular complexity index is 178. The standard InChI is InChI=1S/C8H14O4/c1-4(9)7-3-6(8(10)11)5(2)12-7/h4-7,9H,3H2,1-2H3,(H,10,11)/t4-,5-,6+,7-/m1/s1. The second-order valence-electron chi connectivity index (χ2n) is 3.30. The first kappa shape index (κ1) is 9.48. The Balaban J connectivity index is 2.56. The summed E-state index contributed by atoms with van der Waals surface area (Å²) in [6.45, 7) is 3.34. The Hall–Kier alpha value is -0.610. The summed E-state index contributed by atoms with van der Waals surface area (Å²) in [6.07, 6.45) is -0.784. The normalized spacial score (nSPS) is 38.1. The molecule has 0 aromatic carbocycles. The van der Waals surface area contributed by atoms with Crippen LogP contribution in [0.15, 0.2) is 0 Å². The first-order chi connectivity index (χ1) is 5.52. The number of aliphatic hydroxyl groups excluding tert-OH is 1. The number of ether oxygens (including phenoxy) is 1. The van der Waals surface area contributed by atoms with Crippen LogP contribution in [0.1, 0.15) is 20.3 Å². The van der Waals surface area contributed by atoms with Crippen molar-refractivity contribution >= 4 is 5.97 Å². The third kappa shape index (κ3) is 1.76. The van der Waals surface area contributed by atoms with E-state index in [-0.39, 0.29) is 12.2 Å². The van der Waals surface area contributed by atoms with Crippen molar-refractivity contribution < 1.29 is 19.7 Å². The summed E-state index contributed by atoms with van der Waals surface area (Å²) in [5.41, 5.74) is 0. The van der Waals surface area contributed by atoms with E-state index in [4.69, 9.17) is 14.9 Å². The van der Waals surface area contributed by atoms with E-state index in [2.05, 4.69) is 0 Å². The van der Waals surface area contributed by atoms with Gasteiger partial charge in [0, 0.05) is 0 Å². The van der Waals surface area contributed by atoms with Crippen molar-refractivity contribution in [2.24, 2.45) is 5.92 Å². The number of hydrogen-bond donors (Lipinski definition) is 2.